The topological polar surface area (TPSA) is 91.5 Å². The van der Waals surface area contributed by atoms with Crippen molar-refractivity contribution in [3.8, 4) is 0 Å². The lowest BCUT2D eigenvalue weighted by atomic mass is 9.91. The van der Waals surface area contributed by atoms with Gasteiger partial charge in [0, 0.05) is 29.3 Å². The average molecular weight is 522 g/mol. The first-order valence-corrected chi connectivity index (χ1v) is 11.1. The van der Waals surface area contributed by atoms with Gasteiger partial charge >= 0.3 is 0 Å². The second-order valence-corrected chi connectivity index (χ2v) is 8.16. The van der Waals surface area contributed by atoms with E-state index in [-0.39, 0.29) is 34.2 Å². The molecule has 190 valence electrons. The lowest BCUT2D eigenvalue weighted by Crippen LogP contribution is -2.15. The highest BCUT2D eigenvalue weighted by molar-refractivity contribution is 6.07. The standard InChI is InChI=1S/C27H15F5N4O2/c28-21-20(22(29)24(31)25(32)23(21)30)19(13-7-9-17(35-13)26(37)15-5-1-3-11-33-15)14-8-10-18(36-14)27(38)16-6-2-4-12-34-16/h1-12,19,35-36H. The predicted molar refractivity (Wildman–Crippen MR) is 124 cm³/mol. The van der Waals surface area contributed by atoms with Gasteiger partial charge < -0.3 is 9.97 Å². The monoisotopic (exact) mass is 522 g/mol. The van der Waals surface area contributed by atoms with Crippen molar-refractivity contribution in [3.63, 3.8) is 0 Å². The summed E-state index contributed by atoms with van der Waals surface area (Å²) in [5.41, 5.74) is -1.27. The largest absolute Gasteiger partial charge is 0.355 e. The minimum atomic E-state index is -2.31. The second kappa shape index (κ2) is 9.85. The molecule has 0 aliphatic rings. The molecule has 5 rings (SSSR count). The Morgan fingerprint density at radius 1 is 0.579 bits per heavy atom. The van der Waals surface area contributed by atoms with E-state index in [0.717, 1.165) is 0 Å². The quantitative estimate of drug-likeness (QED) is 0.128. The fourth-order valence-electron chi connectivity index (χ4n) is 4.05. The molecule has 0 fully saturated rings. The molecule has 0 bridgehead atoms. The first-order chi connectivity index (χ1) is 18.3. The molecule has 5 aromatic rings. The average Bonchev–Trinajstić information content (AvgIpc) is 3.64. The number of H-pyrrole nitrogens is 2. The van der Waals surface area contributed by atoms with E-state index in [0.29, 0.717) is 0 Å². The van der Waals surface area contributed by atoms with E-state index >= 15 is 0 Å². The van der Waals surface area contributed by atoms with Gasteiger partial charge in [-0.25, -0.2) is 22.0 Å². The fraction of sp³-hybridized carbons (Fsp3) is 0.0370. The molecule has 4 aromatic heterocycles. The summed E-state index contributed by atoms with van der Waals surface area (Å²) >= 11 is 0. The van der Waals surface area contributed by atoms with Crippen molar-refractivity contribution in [3.05, 3.63) is 142 Å². The van der Waals surface area contributed by atoms with Gasteiger partial charge in [-0.15, -0.1) is 0 Å². The van der Waals surface area contributed by atoms with Crippen LogP contribution in [0.3, 0.4) is 0 Å². The Balaban J connectivity index is 1.65. The number of hydrogen-bond acceptors (Lipinski definition) is 4. The van der Waals surface area contributed by atoms with E-state index in [1.54, 1.807) is 24.3 Å². The zero-order valence-electron chi connectivity index (χ0n) is 19.1. The number of carbonyl (C=O) groups is 2. The molecule has 0 atom stereocenters. The van der Waals surface area contributed by atoms with Crippen LogP contribution in [0.15, 0.2) is 73.1 Å². The molecule has 1 aromatic carbocycles. The van der Waals surface area contributed by atoms with E-state index in [1.165, 1.54) is 48.8 Å². The molecule has 0 aliphatic carbocycles. The van der Waals surface area contributed by atoms with E-state index < -0.39 is 52.1 Å². The zero-order chi connectivity index (χ0) is 27.0. The van der Waals surface area contributed by atoms with Crippen LogP contribution in [-0.2, 0) is 0 Å². The predicted octanol–water partition coefficient (Wildman–Crippen LogP) is 5.47. The summed E-state index contributed by atoms with van der Waals surface area (Å²) in [6, 6.07) is 14.4. The maximum Gasteiger partial charge on any atom is 0.227 e. The van der Waals surface area contributed by atoms with Crippen molar-refractivity contribution in [2.75, 3.05) is 0 Å². The van der Waals surface area contributed by atoms with Crippen LogP contribution >= 0.6 is 0 Å². The van der Waals surface area contributed by atoms with Crippen molar-refractivity contribution in [2.24, 2.45) is 0 Å². The number of nitrogens with one attached hydrogen (secondary N) is 2. The Kier molecular flexibility index (Phi) is 6.41. The smallest absolute Gasteiger partial charge is 0.227 e. The van der Waals surface area contributed by atoms with E-state index in [4.69, 9.17) is 0 Å². The first kappa shape index (κ1) is 24.8. The van der Waals surface area contributed by atoms with Crippen LogP contribution in [0.25, 0.3) is 0 Å². The summed E-state index contributed by atoms with van der Waals surface area (Å²) in [6.07, 6.45) is 2.79. The Bertz CT molecular complexity index is 1550. The minimum absolute atomic E-state index is 0.0380. The Morgan fingerprint density at radius 3 is 1.39 bits per heavy atom. The second-order valence-electron chi connectivity index (χ2n) is 8.16. The molecule has 0 amide bonds. The lowest BCUT2D eigenvalue weighted by Gasteiger charge is -2.18. The maximum atomic E-state index is 15.0. The normalized spacial score (nSPS) is 11.2. The van der Waals surface area contributed by atoms with Crippen LogP contribution in [0.2, 0.25) is 0 Å². The number of benzene rings is 1. The molecular formula is C27H15F5N4O2. The van der Waals surface area contributed by atoms with Crippen molar-refractivity contribution >= 4 is 11.6 Å². The molecule has 0 aliphatic heterocycles. The van der Waals surface area contributed by atoms with Crippen LogP contribution in [-0.4, -0.2) is 31.5 Å². The minimum Gasteiger partial charge on any atom is -0.355 e. The summed E-state index contributed by atoms with van der Waals surface area (Å²) < 4.78 is 72.2. The third kappa shape index (κ3) is 4.27. The zero-order valence-corrected chi connectivity index (χ0v) is 19.1. The molecule has 0 unspecified atom stereocenters. The molecule has 2 N–H and O–H groups in total. The van der Waals surface area contributed by atoms with E-state index in [2.05, 4.69) is 19.9 Å². The van der Waals surface area contributed by atoms with Gasteiger partial charge in [-0.3, -0.25) is 19.6 Å². The van der Waals surface area contributed by atoms with Crippen molar-refractivity contribution in [1.82, 2.24) is 19.9 Å². The molecular weight excluding hydrogens is 507 g/mol. The Labute approximate surface area is 211 Å². The van der Waals surface area contributed by atoms with Gasteiger partial charge in [-0.1, -0.05) is 12.1 Å². The first-order valence-electron chi connectivity index (χ1n) is 11.1. The SMILES string of the molecule is O=C(c1ccccn1)c1ccc(C(c2ccc(C(=O)c3ccccn3)[nH]2)c2c(F)c(F)c(F)c(F)c2F)[nH]1. The molecule has 0 saturated carbocycles. The fourth-order valence-corrected chi connectivity index (χ4v) is 4.05. The van der Waals surface area contributed by atoms with Gasteiger partial charge in [-0.05, 0) is 48.5 Å². The van der Waals surface area contributed by atoms with Gasteiger partial charge in [0.15, 0.2) is 23.3 Å². The van der Waals surface area contributed by atoms with Gasteiger partial charge in [-0.2, -0.15) is 0 Å². The van der Waals surface area contributed by atoms with Gasteiger partial charge in [0.05, 0.1) is 17.3 Å². The summed E-state index contributed by atoms with van der Waals surface area (Å²) in [5.74, 6) is -13.4. The molecule has 0 saturated heterocycles. The number of hydrogen-bond donors (Lipinski definition) is 2. The van der Waals surface area contributed by atoms with Gasteiger partial charge in [0.1, 0.15) is 11.4 Å². The van der Waals surface area contributed by atoms with Crippen LogP contribution in [0.4, 0.5) is 22.0 Å². The summed E-state index contributed by atoms with van der Waals surface area (Å²) in [6.45, 7) is 0. The van der Waals surface area contributed by atoms with Gasteiger partial charge in [0.25, 0.3) is 0 Å². The number of ketones is 2. The third-order valence-electron chi connectivity index (χ3n) is 5.86. The highest BCUT2D eigenvalue weighted by atomic mass is 19.2. The summed E-state index contributed by atoms with van der Waals surface area (Å²) in [5, 5.41) is 0. The van der Waals surface area contributed by atoms with Crippen LogP contribution < -0.4 is 0 Å². The Morgan fingerprint density at radius 2 is 1.00 bits per heavy atom. The molecule has 6 nitrogen and oxygen atoms in total. The number of aromatic nitrogens is 4. The molecule has 11 heteroatoms. The number of carbonyl (C=O) groups excluding carboxylic acids is 2. The van der Waals surface area contributed by atoms with Crippen LogP contribution in [0, 0.1) is 29.1 Å². The molecule has 4 heterocycles. The van der Waals surface area contributed by atoms with Crippen molar-refractivity contribution in [2.45, 2.75) is 5.92 Å². The molecule has 0 radical (unpaired) electrons. The number of pyridine rings is 2. The maximum absolute atomic E-state index is 15.0. The number of nitrogens with zero attached hydrogens (tertiary/aromatic N) is 2. The molecule has 0 spiro atoms. The van der Waals surface area contributed by atoms with Crippen molar-refractivity contribution in [1.29, 1.82) is 0 Å². The highest BCUT2D eigenvalue weighted by Crippen LogP contribution is 2.37. The van der Waals surface area contributed by atoms with Crippen LogP contribution in [0.5, 0.6) is 0 Å². The van der Waals surface area contributed by atoms with Crippen LogP contribution in [0.1, 0.15) is 55.2 Å². The van der Waals surface area contributed by atoms with E-state index in [9.17, 15) is 31.5 Å². The van der Waals surface area contributed by atoms with Crippen molar-refractivity contribution < 1.29 is 31.5 Å². The summed E-state index contributed by atoms with van der Waals surface area (Å²) in [4.78, 5) is 39.0. The summed E-state index contributed by atoms with van der Waals surface area (Å²) in [7, 11) is 0. The molecule has 38 heavy (non-hydrogen) atoms. The lowest BCUT2D eigenvalue weighted by molar-refractivity contribution is 0.102. The highest BCUT2D eigenvalue weighted by Gasteiger charge is 2.34. The third-order valence-corrected chi connectivity index (χ3v) is 5.86. The number of aromatic amines is 2. The van der Waals surface area contributed by atoms with Gasteiger partial charge in [0.2, 0.25) is 17.4 Å². The number of rotatable bonds is 7. The van der Waals surface area contributed by atoms with E-state index in [1.807, 2.05) is 0 Å². The number of halogens is 5. The Hall–Kier alpha value is -4.93.